The van der Waals surface area contributed by atoms with E-state index in [1.54, 1.807) is 0 Å². The molecule has 1 amide bonds. The molecule has 8 nitrogen and oxygen atoms in total. The van der Waals surface area contributed by atoms with E-state index in [-0.39, 0.29) is 23.4 Å². The van der Waals surface area contributed by atoms with Crippen molar-refractivity contribution >= 4 is 21.3 Å². The summed E-state index contributed by atoms with van der Waals surface area (Å²) in [6.45, 7) is 1.98. The van der Waals surface area contributed by atoms with Crippen LogP contribution in [-0.2, 0) is 21.3 Å². The Morgan fingerprint density at radius 1 is 1.07 bits per heavy atom. The molecule has 40 heavy (non-hydrogen) atoms. The number of aromatic nitrogens is 3. The largest absolute Gasteiger partial charge is 0.435 e. The van der Waals surface area contributed by atoms with E-state index >= 15 is 4.39 Å². The van der Waals surface area contributed by atoms with Crippen molar-refractivity contribution in [2.75, 3.05) is 11.6 Å². The van der Waals surface area contributed by atoms with Gasteiger partial charge < -0.3 is 10.1 Å². The Hall–Kier alpha value is -3.82. The minimum atomic E-state index is -5.03. The van der Waals surface area contributed by atoms with Gasteiger partial charge in [-0.15, -0.1) is 10.2 Å². The molecule has 0 spiro atoms. The molecule has 2 aromatic heterocycles. The van der Waals surface area contributed by atoms with Gasteiger partial charge in [0, 0.05) is 34.2 Å². The molecule has 0 bridgehead atoms. The number of ether oxygens (including phenoxy) is 1. The average Bonchev–Trinajstić information content (AvgIpc) is 3.63. The second-order valence-corrected chi connectivity index (χ2v) is 11.4. The van der Waals surface area contributed by atoms with Crippen LogP contribution in [0.1, 0.15) is 45.6 Å². The van der Waals surface area contributed by atoms with Crippen LogP contribution in [0.5, 0.6) is 11.8 Å². The van der Waals surface area contributed by atoms with Crippen LogP contribution in [0.3, 0.4) is 0 Å². The lowest BCUT2D eigenvalue weighted by Gasteiger charge is -2.21. The summed E-state index contributed by atoms with van der Waals surface area (Å²) >= 11 is 0. The van der Waals surface area contributed by atoms with Crippen LogP contribution >= 0.6 is 0 Å². The van der Waals surface area contributed by atoms with Gasteiger partial charge in [-0.1, -0.05) is 6.07 Å². The molecule has 2 heterocycles. The molecule has 1 fully saturated rings. The molecule has 1 saturated carbocycles. The zero-order valence-electron chi connectivity index (χ0n) is 20.9. The first-order chi connectivity index (χ1) is 18.4. The molecule has 0 aliphatic heterocycles. The van der Waals surface area contributed by atoms with E-state index in [9.17, 15) is 35.3 Å². The number of anilines is 1. The van der Waals surface area contributed by atoms with Crippen molar-refractivity contribution in [3.8, 4) is 11.8 Å². The number of nitrogens with one attached hydrogen (secondary N) is 2. The molecular weight excluding hydrogens is 571 g/mol. The SMILES string of the molecule is Cc1c(Oc2nnc(C(F)(F)F)c(C)c2C(=O)Nc2cccc(S(C)(=N)=O)c2)ncc(C2(C(F)(F)F)CC2)c1F. The second-order valence-electron chi connectivity index (χ2n) is 9.28. The van der Waals surface area contributed by atoms with Crippen molar-refractivity contribution in [2.45, 2.75) is 49.4 Å². The summed E-state index contributed by atoms with van der Waals surface area (Å²) in [7, 11) is -3.20. The normalized spacial score (nSPS) is 16.2. The monoisotopic (exact) mass is 591 g/mol. The summed E-state index contributed by atoms with van der Waals surface area (Å²) in [5.74, 6) is -3.90. The van der Waals surface area contributed by atoms with E-state index < -0.39 is 78.9 Å². The lowest BCUT2D eigenvalue weighted by molar-refractivity contribution is -0.161. The minimum absolute atomic E-state index is 0.0216. The van der Waals surface area contributed by atoms with Gasteiger partial charge in [-0.3, -0.25) is 4.79 Å². The second kappa shape index (κ2) is 9.67. The van der Waals surface area contributed by atoms with E-state index in [0.717, 1.165) is 20.1 Å². The van der Waals surface area contributed by atoms with Crippen molar-refractivity contribution in [3.05, 3.63) is 64.2 Å². The number of halogens is 7. The minimum Gasteiger partial charge on any atom is -0.418 e. The smallest absolute Gasteiger partial charge is 0.418 e. The Kier molecular flexibility index (Phi) is 7.05. The molecule has 1 aliphatic rings. The van der Waals surface area contributed by atoms with Gasteiger partial charge in [0.15, 0.2) is 5.69 Å². The van der Waals surface area contributed by atoms with Crippen LogP contribution in [0, 0.1) is 24.4 Å². The summed E-state index contributed by atoms with van der Waals surface area (Å²) in [6, 6.07) is 5.24. The van der Waals surface area contributed by atoms with Gasteiger partial charge in [-0.25, -0.2) is 18.4 Å². The van der Waals surface area contributed by atoms with Gasteiger partial charge in [-0.2, -0.15) is 26.3 Å². The highest BCUT2D eigenvalue weighted by atomic mass is 32.2. The molecule has 3 aromatic rings. The van der Waals surface area contributed by atoms with Gasteiger partial charge in [-0.05, 0) is 50.5 Å². The van der Waals surface area contributed by atoms with Crippen LogP contribution in [0.25, 0.3) is 0 Å². The van der Waals surface area contributed by atoms with Crippen molar-refractivity contribution in [3.63, 3.8) is 0 Å². The van der Waals surface area contributed by atoms with Crippen LogP contribution in [0.4, 0.5) is 36.4 Å². The number of carbonyl (C=O) groups excluding carboxylic acids is 1. The Labute approximate surface area is 223 Å². The first-order valence-electron chi connectivity index (χ1n) is 11.4. The van der Waals surface area contributed by atoms with Gasteiger partial charge in [0.2, 0.25) is 5.88 Å². The van der Waals surface area contributed by atoms with Gasteiger partial charge in [0.05, 0.1) is 15.1 Å². The predicted octanol–water partition coefficient (Wildman–Crippen LogP) is 6.32. The fraction of sp³-hybridized carbons (Fsp3) is 0.333. The third kappa shape index (κ3) is 5.31. The third-order valence-corrected chi connectivity index (χ3v) is 7.57. The number of benzene rings is 1. The Morgan fingerprint density at radius 2 is 1.73 bits per heavy atom. The van der Waals surface area contributed by atoms with E-state index in [4.69, 9.17) is 9.52 Å². The average molecular weight is 592 g/mol. The lowest BCUT2D eigenvalue weighted by atomic mass is 9.95. The number of rotatable bonds is 6. The maximum Gasteiger partial charge on any atom is 0.435 e. The van der Waals surface area contributed by atoms with Crippen molar-refractivity contribution < 1.29 is 44.5 Å². The van der Waals surface area contributed by atoms with Crippen molar-refractivity contribution in [2.24, 2.45) is 0 Å². The number of carbonyl (C=O) groups is 1. The molecule has 214 valence electrons. The highest BCUT2D eigenvalue weighted by Crippen LogP contribution is 2.59. The molecule has 4 rings (SSSR count). The number of nitrogens with zero attached hydrogens (tertiary/aromatic N) is 3. The van der Waals surface area contributed by atoms with E-state index in [1.165, 1.54) is 24.3 Å². The summed E-state index contributed by atoms with van der Waals surface area (Å²) in [5, 5.41) is 8.74. The van der Waals surface area contributed by atoms with E-state index in [1.807, 2.05) is 0 Å². The third-order valence-electron chi connectivity index (χ3n) is 6.42. The van der Waals surface area contributed by atoms with E-state index in [2.05, 4.69) is 20.5 Å². The standard InChI is InChI=1S/C24H20F7N5O3S/c1-11-16(19(37)34-13-5-4-6-14(9-13)40(3,32)38)21(36-35-18(11)23(26,27)28)39-20-12(2)17(25)15(10-33-20)22(7-8-22)24(29,30)31/h4-6,9-10,32H,7-8H2,1-3H3,(H,34,37). The Balaban J connectivity index is 1.76. The summed E-state index contributed by atoms with van der Waals surface area (Å²) in [5.41, 5.74) is -6.59. The topological polar surface area (TPSA) is 118 Å². The van der Waals surface area contributed by atoms with Crippen molar-refractivity contribution in [1.29, 1.82) is 4.78 Å². The van der Waals surface area contributed by atoms with Crippen LogP contribution in [0.15, 0.2) is 35.4 Å². The Bertz CT molecular complexity index is 1620. The summed E-state index contributed by atoms with van der Waals surface area (Å²) in [4.78, 5) is 17.0. The summed E-state index contributed by atoms with van der Waals surface area (Å²) < 4.78 is 121. The number of hydrogen-bond acceptors (Lipinski definition) is 7. The quantitative estimate of drug-likeness (QED) is 0.324. The maximum atomic E-state index is 15.1. The highest BCUT2D eigenvalue weighted by Gasteiger charge is 2.65. The molecule has 1 atom stereocenters. The summed E-state index contributed by atoms with van der Waals surface area (Å²) in [6.07, 6.45) is -8.66. The predicted molar refractivity (Wildman–Crippen MR) is 127 cm³/mol. The molecule has 0 saturated heterocycles. The van der Waals surface area contributed by atoms with Crippen LogP contribution < -0.4 is 10.1 Å². The number of alkyl halides is 6. The van der Waals surface area contributed by atoms with E-state index in [0.29, 0.717) is 6.20 Å². The molecule has 2 N–H and O–H groups in total. The zero-order valence-corrected chi connectivity index (χ0v) is 21.7. The van der Waals surface area contributed by atoms with Crippen LogP contribution in [0.2, 0.25) is 0 Å². The highest BCUT2D eigenvalue weighted by molar-refractivity contribution is 7.91. The molecular formula is C24H20F7N5O3S. The number of pyridine rings is 1. The number of amides is 1. The van der Waals surface area contributed by atoms with Crippen molar-refractivity contribution in [1.82, 2.24) is 15.2 Å². The number of hydrogen-bond donors (Lipinski definition) is 2. The zero-order chi connectivity index (χ0) is 29.8. The molecule has 1 unspecified atom stereocenters. The van der Waals surface area contributed by atoms with Crippen LogP contribution in [-0.4, -0.2) is 37.7 Å². The van der Waals surface area contributed by atoms with Gasteiger partial charge in [0.1, 0.15) is 11.4 Å². The fourth-order valence-electron chi connectivity index (χ4n) is 4.05. The molecule has 1 aliphatic carbocycles. The fourth-order valence-corrected chi connectivity index (χ4v) is 4.74. The first-order valence-corrected chi connectivity index (χ1v) is 13.3. The van der Waals surface area contributed by atoms with Gasteiger partial charge in [0.25, 0.3) is 11.8 Å². The Morgan fingerprint density at radius 3 is 2.27 bits per heavy atom. The lowest BCUT2D eigenvalue weighted by Crippen LogP contribution is -2.30. The van der Waals surface area contributed by atoms with Gasteiger partial charge >= 0.3 is 12.4 Å². The molecule has 0 radical (unpaired) electrons. The molecule has 16 heteroatoms. The maximum absolute atomic E-state index is 15.1. The molecule has 1 aromatic carbocycles. The first kappa shape index (κ1) is 29.2.